The van der Waals surface area contributed by atoms with Crippen molar-refractivity contribution in [1.82, 2.24) is 0 Å². The van der Waals surface area contributed by atoms with E-state index >= 15 is 0 Å². The van der Waals surface area contributed by atoms with Gasteiger partial charge in [0, 0.05) is 0 Å². The average molecular weight is 433 g/mol. The van der Waals surface area contributed by atoms with E-state index in [4.69, 9.17) is 0 Å². The van der Waals surface area contributed by atoms with Crippen LogP contribution in [0.1, 0.15) is 19.8 Å². The standard InChI is InChI=1S/C10H12.3BF4.K.H/c1-2-4-9(5-3-1)8-10-6-7-10;3*2-1(3,4)5;;/h1-5,10H,6-8H2;;;;;/q;3*-1;+1;-1. The Morgan fingerprint density at radius 2 is 0.923 bits per heavy atom. The number of hydrogen-bond acceptors (Lipinski definition) is 0. The monoisotopic (exact) mass is 433 g/mol. The van der Waals surface area contributed by atoms with Crippen molar-refractivity contribution in [3.63, 3.8) is 0 Å². The van der Waals surface area contributed by atoms with E-state index in [1.807, 2.05) is 0 Å². The van der Waals surface area contributed by atoms with Crippen molar-refractivity contribution in [3.05, 3.63) is 35.9 Å². The van der Waals surface area contributed by atoms with Crippen molar-refractivity contribution >= 4 is 21.8 Å². The van der Waals surface area contributed by atoms with Crippen LogP contribution in [0.4, 0.5) is 51.8 Å². The van der Waals surface area contributed by atoms with Crippen LogP contribution >= 0.6 is 0 Å². The molecule has 1 aromatic carbocycles. The largest absolute Gasteiger partial charge is 1.00 e. The molecular weight excluding hydrogens is 420 g/mol. The number of hydrogen-bond donors (Lipinski definition) is 0. The van der Waals surface area contributed by atoms with Crippen LogP contribution < -0.4 is 51.4 Å². The van der Waals surface area contributed by atoms with Crippen LogP contribution in [0.5, 0.6) is 0 Å². The molecule has 1 aliphatic rings. The van der Waals surface area contributed by atoms with Crippen molar-refractivity contribution in [1.29, 1.82) is 0 Å². The van der Waals surface area contributed by atoms with Gasteiger partial charge in [0.2, 0.25) is 0 Å². The fourth-order valence-electron chi connectivity index (χ4n) is 1.27. The average Bonchev–Trinajstić information content (AvgIpc) is 3.07. The molecular formula is C10H13B3F12K-3. The maximum atomic E-state index is 9.75. The first-order chi connectivity index (χ1) is 10.9. The van der Waals surface area contributed by atoms with E-state index in [2.05, 4.69) is 30.3 Å². The van der Waals surface area contributed by atoms with Gasteiger partial charge in [0.15, 0.2) is 0 Å². The Balaban J connectivity index is -0.000000137. The minimum atomic E-state index is -6.00. The molecule has 0 aliphatic heterocycles. The summed E-state index contributed by atoms with van der Waals surface area (Å²) in [5, 5.41) is 0. The topological polar surface area (TPSA) is 0 Å². The molecule has 26 heavy (non-hydrogen) atoms. The molecule has 0 heterocycles. The van der Waals surface area contributed by atoms with Gasteiger partial charge in [-0.3, -0.25) is 0 Å². The third-order valence-corrected chi connectivity index (χ3v) is 2.06. The van der Waals surface area contributed by atoms with Gasteiger partial charge in [-0.1, -0.05) is 30.3 Å². The molecule has 0 nitrogen and oxygen atoms in total. The van der Waals surface area contributed by atoms with Gasteiger partial charge in [-0.2, -0.15) is 0 Å². The minimum Gasteiger partial charge on any atom is -1.00 e. The van der Waals surface area contributed by atoms with Crippen LogP contribution in [-0.4, -0.2) is 21.8 Å². The zero-order chi connectivity index (χ0) is 20.3. The molecule has 0 spiro atoms. The normalized spacial score (nSPS) is 13.5. The fourth-order valence-corrected chi connectivity index (χ4v) is 1.27. The summed E-state index contributed by atoms with van der Waals surface area (Å²) in [4.78, 5) is 0. The summed E-state index contributed by atoms with van der Waals surface area (Å²) in [5.74, 6) is 1.02. The second-order valence-corrected chi connectivity index (χ2v) is 4.62. The van der Waals surface area contributed by atoms with Gasteiger partial charge < -0.3 is 53.2 Å². The van der Waals surface area contributed by atoms with E-state index in [9.17, 15) is 51.8 Å². The first-order valence-corrected chi connectivity index (χ1v) is 6.61. The zero-order valence-electron chi connectivity index (χ0n) is 14.4. The summed E-state index contributed by atoms with van der Waals surface area (Å²) >= 11 is 0. The Morgan fingerprint density at radius 1 is 0.654 bits per heavy atom. The summed E-state index contributed by atoms with van der Waals surface area (Å²) < 4.78 is 117. The molecule has 1 aromatic rings. The number of rotatable bonds is 2. The smallest absolute Gasteiger partial charge is 1.00 e. The van der Waals surface area contributed by atoms with Gasteiger partial charge in [-0.25, -0.2) is 0 Å². The van der Waals surface area contributed by atoms with Crippen molar-refractivity contribution in [2.75, 3.05) is 0 Å². The molecule has 0 bridgehead atoms. The second-order valence-electron chi connectivity index (χ2n) is 4.62. The molecule has 0 radical (unpaired) electrons. The fraction of sp³-hybridized carbons (Fsp3) is 0.400. The molecule has 0 amide bonds. The van der Waals surface area contributed by atoms with E-state index in [1.165, 1.54) is 24.8 Å². The Labute approximate surface area is 186 Å². The molecule has 2 rings (SSSR count). The van der Waals surface area contributed by atoms with Gasteiger partial charge in [-0.15, -0.1) is 0 Å². The van der Waals surface area contributed by atoms with E-state index in [1.54, 1.807) is 0 Å². The van der Waals surface area contributed by atoms with Gasteiger partial charge >= 0.3 is 73.1 Å². The predicted octanol–water partition coefficient (Wildman–Crippen LogP) is 3.66. The second kappa shape index (κ2) is 14.2. The summed E-state index contributed by atoms with van der Waals surface area (Å²) in [6.45, 7) is 0. The SMILES string of the molecule is F[B-](F)(F)F.F[B-](F)(F)F.F[B-](F)(F)F.[H-].[K+].c1ccc(CC2CC2)cc1. The molecule has 0 aromatic heterocycles. The van der Waals surface area contributed by atoms with Crippen LogP contribution in [0.25, 0.3) is 0 Å². The molecule has 1 saturated carbocycles. The zero-order valence-corrected chi connectivity index (χ0v) is 16.5. The number of benzene rings is 1. The molecule has 150 valence electrons. The van der Waals surface area contributed by atoms with Crippen LogP contribution in [0.15, 0.2) is 30.3 Å². The van der Waals surface area contributed by atoms with Crippen molar-refractivity contribution < 1.29 is 105 Å². The van der Waals surface area contributed by atoms with Crippen molar-refractivity contribution in [2.24, 2.45) is 5.92 Å². The summed E-state index contributed by atoms with van der Waals surface area (Å²) in [7, 11) is -18.0. The Kier molecular flexibility index (Phi) is 16.9. The van der Waals surface area contributed by atoms with Crippen molar-refractivity contribution in [2.45, 2.75) is 19.3 Å². The molecule has 0 unspecified atom stereocenters. The van der Waals surface area contributed by atoms with Gasteiger partial charge in [0.25, 0.3) is 0 Å². The Hall–Kier alpha value is 0.211. The Morgan fingerprint density at radius 3 is 1.15 bits per heavy atom. The van der Waals surface area contributed by atoms with Crippen LogP contribution in [0, 0.1) is 5.92 Å². The predicted molar refractivity (Wildman–Crippen MR) is 74.5 cm³/mol. The van der Waals surface area contributed by atoms with Crippen LogP contribution in [-0.2, 0) is 6.42 Å². The summed E-state index contributed by atoms with van der Waals surface area (Å²) in [5.41, 5.74) is 1.50. The molecule has 0 saturated heterocycles. The van der Waals surface area contributed by atoms with E-state index in [0.29, 0.717) is 0 Å². The molecule has 16 heteroatoms. The molecule has 0 atom stereocenters. The summed E-state index contributed by atoms with van der Waals surface area (Å²) in [6.07, 6.45) is 4.21. The third-order valence-electron chi connectivity index (χ3n) is 2.06. The van der Waals surface area contributed by atoms with Gasteiger partial charge in [0.1, 0.15) is 0 Å². The molecule has 1 aliphatic carbocycles. The van der Waals surface area contributed by atoms with Gasteiger partial charge in [0.05, 0.1) is 0 Å². The first-order valence-electron chi connectivity index (χ1n) is 6.61. The van der Waals surface area contributed by atoms with Crippen LogP contribution in [0.2, 0.25) is 0 Å². The molecule has 1 fully saturated rings. The quantitative estimate of drug-likeness (QED) is 0.494. The first kappa shape index (κ1) is 30.9. The minimum absolute atomic E-state index is 0. The number of halogens is 12. The maximum absolute atomic E-state index is 9.75. The Bertz CT molecular complexity index is 403. The third kappa shape index (κ3) is 56.4. The van der Waals surface area contributed by atoms with Crippen molar-refractivity contribution in [3.8, 4) is 0 Å². The molecule has 0 N–H and O–H groups in total. The summed E-state index contributed by atoms with van der Waals surface area (Å²) in [6, 6.07) is 10.8. The van der Waals surface area contributed by atoms with E-state index < -0.39 is 21.8 Å². The van der Waals surface area contributed by atoms with E-state index in [-0.39, 0.29) is 52.8 Å². The van der Waals surface area contributed by atoms with Gasteiger partial charge in [-0.05, 0) is 30.7 Å². The van der Waals surface area contributed by atoms with Crippen LogP contribution in [0.3, 0.4) is 0 Å². The van der Waals surface area contributed by atoms with E-state index in [0.717, 1.165) is 5.92 Å². The maximum Gasteiger partial charge on any atom is 1.00 e.